The third-order valence-corrected chi connectivity index (χ3v) is 7.20. The molecule has 9 nitrogen and oxygen atoms in total. The smallest absolute Gasteiger partial charge is 0.305 e. The van der Waals surface area contributed by atoms with Gasteiger partial charge in [-0.3, -0.25) is 15.0 Å². The number of nitrogens with zero attached hydrogens (tertiary/aromatic N) is 4. The number of nitrogens with one attached hydrogen (secondary N) is 3. The SMILES string of the molecule is O=C(Nc1nn[nH]n1)c1ccc(CN(C(=O)Nc2cccc(C(F)(F)F)c2F)c2ccc(C3CCCCC3)cc2)cc1. The number of hydrogen-bond acceptors (Lipinski definition) is 5. The summed E-state index contributed by atoms with van der Waals surface area (Å²) in [4.78, 5) is 27.2. The lowest BCUT2D eigenvalue weighted by atomic mass is 9.84. The van der Waals surface area contributed by atoms with Gasteiger partial charge in [0.25, 0.3) is 11.9 Å². The van der Waals surface area contributed by atoms with Crippen LogP contribution in [0, 0.1) is 5.82 Å². The molecular weight excluding hydrogens is 554 g/mol. The fourth-order valence-electron chi connectivity index (χ4n) is 5.01. The molecule has 0 unspecified atom stereocenters. The van der Waals surface area contributed by atoms with Gasteiger partial charge < -0.3 is 5.32 Å². The van der Waals surface area contributed by atoms with E-state index in [4.69, 9.17) is 0 Å². The van der Waals surface area contributed by atoms with E-state index in [-0.39, 0.29) is 12.5 Å². The van der Waals surface area contributed by atoms with E-state index >= 15 is 0 Å². The van der Waals surface area contributed by atoms with Gasteiger partial charge in [0.15, 0.2) is 5.82 Å². The minimum absolute atomic E-state index is 0.00502. The summed E-state index contributed by atoms with van der Waals surface area (Å²) in [5.74, 6) is -1.61. The minimum atomic E-state index is -4.92. The van der Waals surface area contributed by atoms with Crippen molar-refractivity contribution in [1.82, 2.24) is 20.6 Å². The largest absolute Gasteiger partial charge is 0.419 e. The molecule has 3 amide bonds. The molecule has 0 bridgehead atoms. The molecule has 5 rings (SSSR count). The number of urea groups is 1. The van der Waals surface area contributed by atoms with Gasteiger partial charge in [0.1, 0.15) is 0 Å². The Morgan fingerprint density at radius 3 is 2.29 bits per heavy atom. The van der Waals surface area contributed by atoms with Gasteiger partial charge in [-0.25, -0.2) is 9.18 Å². The van der Waals surface area contributed by atoms with Crippen molar-refractivity contribution >= 4 is 29.3 Å². The van der Waals surface area contributed by atoms with Crippen LogP contribution in [0.2, 0.25) is 0 Å². The van der Waals surface area contributed by atoms with Crippen LogP contribution in [0.1, 0.15) is 65.1 Å². The van der Waals surface area contributed by atoms with Crippen LogP contribution in [0.5, 0.6) is 0 Å². The second kappa shape index (κ2) is 12.4. The number of carbonyl (C=O) groups is 2. The molecule has 0 saturated heterocycles. The molecule has 0 radical (unpaired) electrons. The summed E-state index contributed by atoms with van der Waals surface area (Å²) in [5, 5.41) is 17.7. The summed E-state index contributed by atoms with van der Waals surface area (Å²) in [6.07, 6.45) is 0.790. The summed E-state index contributed by atoms with van der Waals surface area (Å²) >= 11 is 0. The fraction of sp³-hybridized carbons (Fsp3) is 0.276. The number of tetrazole rings is 1. The molecule has 1 heterocycles. The molecule has 4 aromatic rings. The molecule has 13 heteroatoms. The zero-order valence-electron chi connectivity index (χ0n) is 22.3. The number of alkyl halides is 3. The normalized spacial score (nSPS) is 13.9. The molecule has 0 atom stereocenters. The molecule has 1 aliphatic carbocycles. The summed E-state index contributed by atoms with van der Waals surface area (Å²) in [6, 6.07) is 15.7. The van der Waals surface area contributed by atoms with Crippen molar-refractivity contribution in [3.05, 3.63) is 94.8 Å². The first-order chi connectivity index (χ1) is 20.2. The monoisotopic (exact) mass is 581 g/mol. The van der Waals surface area contributed by atoms with Crippen LogP contribution in [0.25, 0.3) is 0 Å². The van der Waals surface area contributed by atoms with E-state index in [9.17, 15) is 27.2 Å². The molecule has 1 aliphatic rings. The van der Waals surface area contributed by atoms with Crippen molar-refractivity contribution in [2.75, 3.05) is 15.5 Å². The standard InChI is InChI=1S/C29H27F4N7O2/c30-25-23(29(31,32)33)7-4-8-24(25)34-28(42)40(22-15-13-20(14-16-22)19-5-2-1-3-6-19)17-18-9-11-21(12-10-18)26(41)35-27-36-38-39-37-27/h4,7-16,19H,1-3,5-6,17H2,(H,34,42)(H2,35,36,37,38,39,41). The quantitative estimate of drug-likeness (QED) is 0.206. The van der Waals surface area contributed by atoms with Gasteiger partial charge in [0.2, 0.25) is 0 Å². The maximum atomic E-state index is 14.7. The zero-order valence-corrected chi connectivity index (χ0v) is 22.3. The summed E-state index contributed by atoms with van der Waals surface area (Å²) in [5.41, 5.74) is 0.466. The van der Waals surface area contributed by atoms with Crippen LogP contribution in [0.4, 0.5) is 39.7 Å². The predicted octanol–water partition coefficient (Wildman–Crippen LogP) is 6.90. The van der Waals surface area contributed by atoms with E-state index in [1.165, 1.54) is 11.3 Å². The average Bonchev–Trinajstić information content (AvgIpc) is 3.50. The molecule has 218 valence electrons. The van der Waals surface area contributed by atoms with Gasteiger partial charge in [-0.05, 0) is 71.5 Å². The first kappa shape index (κ1) is 28.7. The lowest BCUT2D eigenvalue weighted by Crippen LogP contribution is -2.35. The number of H-pyrrole nitrogens is 1. The summed E-state index contributed by atoms with van der Waals surface area (Å²) in [6.45, 7) is -0.0120. The van der Waals surface area contributed by atoms with Crippen LogP contribution < -0.4 is 15.5 Å². The molecule has 1 aromatic heterocycles. The third kappa shape index (κ3) is 6.73. The van der Waals surface area contributed by atoms with E-state index in [2.05, 4.69) is 31.3 Å². The van der Waals surface area contributed by atoms with Crippen LogP contribution in [-0.2, 0) is 12.7 Å². The number of benzene rings is 3. The molecule has 3 N–H and O–H groups in total. The van der Waals surface area contributed by atoms with Gasteiger partial charge in [-0.15, -0.1) is 5.10 Å². The zero-order chi connectivity index (χ0) is 29.7. The molecule has 42 heavy (non-hydrogen) atoms. The van der Waals surface area contributed by atoms with Crippen molar-refractivity contribution in [1.29, 1.82) is 0 Å². The van der Waals surface area contributed by atoms with Crippen molar-refractivity contribution in [2.24, 2.45) is 0 Å². The lowest BCUT2D eigenvalue weighted by molar-refractivity contribution is -0.139. The van der Waals surface area contributed by atoms with E-state index in [0.717, 1.165) is 43.4 Å². The molecule has 0 aliphatic heterocycles. The second-order valence-electron chi connectivity index (χ2n) is 9.99. The van der Waals surface area contributed by atoms with E-state index in [1.807, 2.05) is 12.1 Å². The Balaban J connectivity index is 1.39. The maximum Gasteiger partial charge on any atom is 0.419 e. The minimum Gasteiger partial charge on any atom is -0.305 e. The third-order valence-electron chi connectivity index (χ3n) is 7.20. The lowest BCUT2D eigenvalue weighted by Gasteiger charge is -2.26. The number of amides is 3. The van der Waals surface area contributed by atoms with Crippen LogP contribution >= 0.6 is 0 Å². The number of carbonyl (C=O) groups excluding carboxylic acids is 2. The number of aromatic amines is 1. The van der Waals surface area contributed by atoms with Gasteiger partial charge in [-0.2, -0.15) is 18.4 Å². The van der Waals surface area contributed by atoms with Crippen molar-refractivity contribution in [2.45, 2.75) is 50.7 Å². The van der Waals surface area contributed by atoms with E-state index in [1.54, 1.807) is 36.4 Å². The Hall–Kier alpha value is -4.81. The maximum absolute atomic E-state index is 14.7. The molecule has 3 aromatic carbocycles. The topological polar surface area (TPSA) is 116 Å². The Morgan fingerprint density at radius 1 is 0.929 bits per heavy atom. The number of rotatable bonds is 7. The Kier molecular flexibility index (Phi) is 8.46. The van der Waals surface area contributed by atoms with Gasteiger partial charge in [0.05, 0.1) is 17.8 Å². The first-order valence-electron chi connectivity index (χ1n) is 13.4. The molecular formula is C29H27F4N7O2. The van der Waals surface area contributed by atoms with E-state index in [0.29, 0.717) is 28.8 Å². The Labute approximate surface area is 238 Å². The molecule has 1 fully saturated rings. The highest BCUT2D eigenvalue weighted by Gasteiger charge is 2.35. The Bertz CT molecular complexity index is 1520. The van der Waals surface area contributed by atoms with Crippen LogP contribution in [-0.4, -0.2) is 32.6 Å². The number of hydrogen-bond donors (Lipinski definition) is 3. The van der Waals surface area contributed by atoms with E-state index < -0.39 is 35.2 Å². The Morgan fingerprint density at radius 2 is 1.64 bits per heavy atom. The van der Waals surface area contributed by atoms with Crippen molar-refractivity contribution in [3.63, 3.8) is 0 Å². The molecule has 1 saturated carbocycles. The van der Waals surface area contributed by atoms with Crippen molar-refractivity contribution < 1.29 is 27.2 Å². The van der Waals surface area contributed by atoms with Gasteiger partial charge in [0, 0.05) is 11.3 Å². The predicted molar refractivity (Wildman–Crippen MR) is 147 cm³/mol. The fourth-order valence-corrected chi connectivity index (χ4v) is 5.01. The van der Waals surface area contributed by atoms with Crippen LogP contribution in [0.15, 0.2) is 66.7 Å². The van der Waals surface area contributed by atoms with Gasteiger partial charge in [-0.1, -0.05) is 54.7 Å². The van der Waals surface area contributed by atoms with Gasteiger partial charge >= 0.3 is 12.2 Å². The number of aromatic nitrogens is 4. The highest BCUT2D eigenvalue weighted by atomic mass is 19.4. The highest BCUT2D eigenvalue weighted by molar-refractivity contribution is 6.03. The highest BCUT2D eigenvalue weighted by Crippen LogP contribution is 2.35. The first-order valence-corrected chi connectivity index (χ1v) is 13.4. The summed E-state index contributed by atoms with van der Waals surface area (Å²) < 4.78 is 54.5. The van der Waals surface area contributed by atoms with Crippen LogP contribution in [0.3, 0.4) is 0 Å². The number of anilines is 3. The summed E-state index contributed by atoms with van der Waals surface area (Å²) in [7, 11) is 0. The van der Waals surface area contributed by atoms with Crippen molar-refractivity contribution in [3.8, 4) is 0 Å². The molecule has 0 spiro atoms. The second-order valence-corrected chi connectivity index (χ2v) is 9.99. The number of halogens is 4. The average molecular weight is 582 g/mol.